The van der Waals surface area contributed by atoms with E-state index in [0.29, 0.717) is 6.54 Å². The number of carbonyl (C=O) groups excluding carboxylic acids is 1. The minimum Gasteiger partial charge on any atom is -0.368 e. The van der Waals surface area contributed by atoms with Crippen molar-refractivity contribution in [3.05, 3.63) is 41.9 Å². The zero-order valence-electron chi connectivity index (χ0n) is 12.4. The van der Waals surface area contributed by atoms with Crippen LogP contribution in [-0.4, -0.2) is 49.6 Å². The molecule has 5 heteroatoms. The second-order valence-corrected chi connectivity index (χ2v) is 5.59. The zero-order valence-corrected chi connectivity index (χ0v) is 13.1. The number of hydrogen-bond donors (Lipinski definition) is 1. The van der Waals surface area contributed by atoms with Crippen molar-refractivity contribution in [2.24, 2.45) is 0 Å². The Labute approximate surface area is 131 Å². The van der Waals surface area contributed by atoms with E-state index in [2.05, 4.69) is 21.7 Å². The summed E-state index contributed by atoms with van der Waals surface area (Å²) >= 11 is 6.24. The molecule has 0 radical (unpaired) electrons. The fraction of sp³-hybridized carbons (Fsp3) is 0.438. The van der Waals surface area contributed by atoms with E-state index in [4.69, 9.17) is 11.6 Å². The van der Waals surface area contributed by atoms with E-state index >= 15 is 0 Å². The lowest BCUT2D eigenvalue weighted by Gasteiger charge is -2.38. The molecule has 1 aromatic rings. The van der Waals surface area contributed by atoms with Gasteiger partial charge in [0.1, 0.15) is 0 Å². The number of carbonyl (C=O) groups is 1. The lowest BCUT2D eigenvalue weighted by molar-refractivity contribution is -0.125. The third-order valence-electron chi connectivity index (χ3n) is 3.86. The second kappa shape index (κ2) is 7.48. The maximum Gasteiger partial charge on any atom is 0.237 e. The van der Waals surface area contributed by atoms with Crippen LogP contribution in [0.1, 0.15) is 6.92 Å². The molecule has 0 saturated carbocycles. The lowest BCUT2D eigenvalue weighted by atomic mass is 10.2. The molecule has 1 aliphatic rings. The number of nitrogens with one attached hydrogen (secondary N) is 1. The molecule has 114 valence electrons. The van der Waals surface area contributed by atoms with Gasteiger partial charge in [-0.15, -0.1) is 6.58 Å². The van der Waals surface area contributed by atoms with Crippen LogP contribution in [0.5, 0.6) is 0 Å². The van der Waals surface area contributed by atoms with Crippen molar-refractivity contribution < 1.29 is 4.79 Å². The van der Waals surface area contributed by atoms with Gasteiger partial charge in [-0.1, -0.05) is 29.8 Å². The van der Waals surface area contributed by atoms with E-state index in [1.54, 1.807) is 6.08 Å². The fourth-order valence-corrected chi connectivity index (χ4v) is 2.80. The number of para-hydroxylation sites is 1. The van der Waals surface area contributed by atoms with Crippen LogP contribution in [0.4, 0.5) is 5.69 Å². The summed E-state index contributed by atoms with van der Waals surface area (Å²) in [5.41, 5.74) is 1.07. The lowest BCUT2D eigenvalue weighted by Crippen LogP contribution is -2.54. The number of benzene rings is 1. The Morgan fingerprint density at radius 2 is 2.05 bits per heavy atom. The molecule has 1 heterocycles. The molecule has 0 aliphatic carbocycles. The maximum atomic E-state index is 12.0. The topological polar surface area (TPSA) is 35.6 Å². The van der Waals surface area contributed by atoms with E-state index < -0.39 is 0 Å². The molecule has 0 aromatic heterocycles. The highest BCUT2D eigenvalue weighted by molar-refractivity contribution is 6.33. The number of anilines is 1. The normalized spacial score (nSPS) is 17.3. The van der Waals surface area contributed by atoms with E-state index in [-0.39, 0.29) is 11.9 Å². The van der Waals surface area contributed by atoms with Crippen LogP contribution in [0.25, 0.3) is 0 Å². The summed E-state index contributed by atoms with van der Waals surface area (Å²) in [6.45, 7) is 9.54. The van der Waals surface area contributed by atoms with E-state index in [1.165, 1.54) is 0 Å². The Kier molecular flexibility index (Phi) is 5.65. The van der Waals surface area contributed by atoms with Crippen LogP contribution in [0.15, 0.2) is 36.9 Å². The molecule has 0 unspecified atom stereocenters. The molecule has 1 atom stereocenters. The van der Waals surface area contributed by atoms with Gasteiger partial charge in [0.05, 0.1) is 16.8 Å². The predicted octanol–water partition coefficient (Wildman–Crippen LogP) is 2.15. The van der Waals surface area contributed by atoms with Gasteiger partial charge in [0, 0.05) is 32.7 Å². The van der Waals surface area contributed by atoms with Gasteiger partial charge >= 0.3 is 0 Å². The van der Waals surface area contributed by atoms with Gasteiger partial charge in [-0.3, -0.25) is 9.69 Å². The fourth-order valence-electron chi connectivity index (χ4n) is 2.54. The van der Waals surface area contributed by atoms with Crippen molar-refractivity contribution in [2.45, 2.75) is 13.0 Å². The van der Waals surface area contributed by atoms with Crippen LogP contribution >= 0.6 is 11.6 Å². The number of amides is 1. The molecule has 1 aliphatic heterocycles. The molecule has 0 spiro atoms. The molecule has 1 amide bonds. The monoisotopic (exact) mass is 307 g/mol. The molecule has 2 rings (SSSR count). The minimum absolute atomic E-state index is 0.0566. The summed E-state index contributed by atoms with van der Waals surface area (Å²) in [6, 6.07) is 7.78. The molecule has 4 nitrogen and oxygen atoms in total. The van der Waals surface area contributed by atoms with Crippen molar-refractivity contribution in [1.82, 2.24) is 10.2 Å². The number of hydrogen-bond acceptors (Lipinski definition) is 3. The Morgan fingerprint density at radius 1 is 1.38 bits per heavy atom. The van der Waals surface area contributed by atoms with Crippen LogP contribution in [0.3, 0.4) is 0 Å². The Balaban J connectivity index is 1.90. The smallest absolute Gasteiger partial charge is 0.237 e. The standard InChI is InChI=1S/C16H22ClN3O/c1-3-8-18-16(21)13(2)19-9-11-20(12-10-19)15-7-5-4-6-14(15)17/h3-7,13H,1,8-12H2,2H3,(H,18,21)/t13-/m1/s1. The highest BCUT2D eigenvalue weighted by atomic mass is 35.5. The third kappa shape index (κ3) is 3.99. The minimum atomic E-state index is -0.113. The highest BCUT2D eigenvalue weighted by Gasteiger charge is 2.25. The number of rotatable bonds is 5. The van der Waals surface area contributed by atoms with Crippen LogP contribution in [0.2, 0.25) is 5.02 Å². The summed E-state index contributed by atoms with van der Waals surface area (Å²) in [7, 11) is 0. The van der Waals surface area contributed by atoms with Crippen LogP contribution < -0.4 is 10.2 Å². The van der Waals surface area contributed by atoms with Crippen molar-refractivity contribution in [2.75, 3.05) is 37.6 Å². The first-order chi connectivity index (χ1) is 10.1. The summed E-state index contributed by atoms with van der Waals surface area (Å²) in [4.78, 5) is 16.4. The van der Waals surface area contributed by atoms with Gasteiger partial charge in [0.25, 0.3) is 0 Å². The van der Waals surface area contributed by atoms with E-state index in [9.17, 15) is 4.79 Å². The maximum absolute atomic E-state index is 12.0. The first-order valence-electron chi connectivity index (χ1n) is 7.25. The first-order valence-corrected chi connectivity index (χ1v) is 7.63. The molecule has 1 fully saturated rings. The summed E-state index contributed by atoms with van der Waals surface area (Å²) < 4.78 is 0. The van der Waals surface area contributed by atoms with Gasteiger partial charge in [-0.2, -0.15) is 0 Å². The average molecular weight is 308 g/mol. The quantitative estimate of drug-likeness (QED) is 0.847. The first kappa shape index (κ1) is 15.9. The molecule has 0 bridgehead atoms. The summed E-state index contributed by atoms with van der Waals surface area (Å²) in [5, 5.41) is 3.63. The van der Waals surface area contributed by atoms with Gasteiger partial charge < -0.3 is 10.2 Å². The molecular formula is C16H22ClN3O. The summed E-state index contributed by atoms with van der Waals surface area (Å²) in [6.07, 6.45) is 1.69. The molecule has 21 heavy (non-hydrogen) atoms. The number of halogens is 1. The Morgan fingerprint density at radius 3 is 2.67 bits per heavy atom. The van der Waals surface area contributed by atoms with E-state index in [0.717, 1.165) is 36.9 Å². The van der Waals surface area contributed by atoms with Crippen LogP contribution in [-0.2, 0) is 4.79 Å². The molecule has 1 saturated heterocycles. The molecule has 1 N–H and O–H groups in total. The summed E-state index contributed by atoms with van der Waals surface area (Å²) in [5.74, 6) is 0.0566. The average Bonchev–Trinajstić information content (AvgIpc) is 2.52. The Hall–Kier alpha value is -1.52. The van der Waals surface area contributed by atoms with Crippen molar-refractivity contribution in [3.8, 4) is 0 Å². The highest BCUT2D eigenvalue weighted by Crippen LogP contribution is 2.26. The van der Waals surface area contributed by atoms with Gasteiger partial charge in [-0.25, -0.2) is 0 Å². The SMILES string of the molecule is C=CCNC(=O)[C@@H](C)N1CCN(c2ccccc2Cl)CC1. The van der Waals surface area contributed by atoms with Crippen molar-refractivity contribution in [3.63, 3.8) is 0 Å². The van der Waals surface area contributed by atoms with E-state index in [1.807, 2.05) is 31.2 Å². The van der Waals surface area contributed by atoms with Gasteiger partial charge in [-0.05, 0) is 19.1 Å². The largest absolute Gasteiger partial charge is 0.368 e. The van der Waals surface area contributed by atoms with Gasteiger partial charge in [0.15, 0.2) is 0 Å². The number of nitrogens with zero attached hydrogens (tertiary/aromatic N) is 2. The van der Waals surface area contributed by atoms with Crippen LogP contribution in [0, 0.1) is 0 Å². The van der Waals surface area contributed by atoms with Gasteiger partial charge in [0.2, 0.25) is 5.91 Å². The van der Waals surface area contributed by atoms with Crippen molar-refractivity contribution in [1.29, 1.82) is 0 Å². The second-order valence-electron chi connectivity index (χ2n) is 5.18. The number of piperazine rings is 1. The molecular weight excluding hydrogens is 286 g/mol. The Bertz CT molecular complexity index is 498. The predicted molar refractivity (Wildman–Crippen MR) is 87.9 cm³/mol. The zero-order chi connectivity index (χ0) is 15.2. The third-order valence-corrected chi connectivity index (χ3v) is 4.17. The van der Waals surface area contributed by atoms with Crippen molar-refractivity contribution >= 4 is 23.2 Å². The molecule has 1 aromatic carbocycles.